The van der Waals surface area contributed by atoms with Crippen molar-refractivity contribution in [1.82, 2.24) is 19.8 Å². The topological polar surface area (TPSA) is 126 Å². The Hall–Kier alpha value is -4.90. The van der Waals surface area contributed by atoms with Crippen molar-refractivity contribution in [2.45, 2.75) is 60.5 Å². The molecule has 4 amide bonds. The molecule has 0 spiro atoms. The number of thiophene rings is 1. The van der Waals surface area contributed by atoms with Gasteiger partial charge in [0, 0.05) is 60.1 Å². The number of hydrogen-bond donors (Lipinski definition) is 4. The molecule has 0 radical (unpaired) electrons. The van der Waals surface area contributed by atoms with E-state index in [2.05, 4.69) is 60.4 Å². The quantitative estimate of drug-likeness (QED) is 0.118. The van der Waals surface area contributed by atoms with E-state index in [9.17, 15) is 19.2 Å². The van der Waals surface area contributed by atoms with Crippen LogP contribution in [0, 0.1) is 11.8 Å². The zero-order chi connectivity index (χ0) is 34.6. The lowest BCUT2D eigenvalue weighted by molar-refractivity contribution is 0.251. The van der Waals surface area contributed by atoms with E-state index in [0.717, 1.165) is 23.6 Å². The van der Waals surface area contributed by atoms with Crippen LogP contribution >= 0.6 is 11.3 Å². The minimum atomic E-state index is -0.264. The number of rotatable bonds is 11. The number of pyridine rings is 2. The highest BCUT2D eigenvalue weighted by Gasteiger charge is 2.13. The standard InChI is InChI=1S/C20H23N3O2S.C17H23N3O2/c1-14(2)11-23-12-18(16-5-3-4-6-17(16)19(23)24)22-20(25)21-9-7-15-8-10-26-13-15;1-4-9-18-17(22)19-15-11-20(10-12(2)3)16(21)14-8-6-5-7-13(14)15/h3-6,8,10,12-14H,7,9,11H2,1-2H3,(H2,21,22,25);5-8,11-12H,4,9-10H2,1-3H3,(H2,18,19,22). The van der Waals surface area contributed by atoms with Gasteiger partial charge in [0.2, 0.25) is 0 Å². The fourth-order valence-electron chi connectivity index (χ4n) is 5.27. The fourth-order valence-corrected chi connectivity index (χ4v) is 5.97. The minimum absolute atomic E-state index is 0.0242. The number of anilines is 2. The van der Waals surface area contributed by atoms with Crippen molar-refractivity contribution in [3.63, 3.8) is 0 Å². The summed E-state index contributed by atoms with van der Waals surface area (Å²) in [4.78, 5) is 49.4. The molecule has 5 rings (SSSR count). The number of nitrogens with zero attached hydrogens (tertiary/aromatic N) is 2. The maximum Gasteiger partial charge on any atom is 0.319 e. The zero-order valence-electron chi connectivity index (χ0n) is 28.3. The highest BCUT2D eigenvalue weighted by molar-refractivity contribution is 7.07. The maximum absolute atomic E-state index is 12.6. The Morgan fingerprint density at radius 1 is 0.688 bits per heavy atom. The molecule has 3 aromatic heterocycles. The lowest BCUT2D eigenvalue weighted by Crippen LogP contribution is -2.31. The summed E-state index contributed by atoms with van der Waals surface area (Å²) >= 11 is 1.65. The van der Waals surface area contributed by atoms with Crippen molar-refractivity contribution in [3.8, 4) is 0 Å². The van der Waals surface area contributed by atoms with Crippen LogP contribution in [0.1, 0.15) is 46.6 Å². The van der Waals surface area contributed by atoms with Crippen molar-refractivity contribution >= 4 is 56.3 Å². The van der Waals surface area contributed by atoms with E-state index in [-0.39, 0.29) is 23.2 Å². The van der Waals surface area contributed by atoms with Crippen LogP contribution in [0.3, 0.4) is 0 Å². The molecular weight excluding hydrogens is 625 g/mol. The Morgan fingerprint density at radius 2 is 1.15 bits per heavy atom. The van der Waals surface area contributed by atoms with Crippen LogP contribution < -0.4 is 32.4 Å². The predicted molar refractivity (Wildman–Crippen MR) is 198 cm³/mol. The largest absolute Gasteiger partial charge is 0.338 e. The summed E-state index contributed by atoms with van der Waals surface area (Å²) in [6, 6.07) is 16.3. The van der Waals surface area contributed by atoms with Gasteiger partial charge in [0.15, 0.2) is 0 Å². The molecule has 0 fully saturated rings. The lowest BCUT2D eigenvalue weighted by atomic mass is 10.1. The van der Waals surface area contributed by atoms with Crippen LogP contribution in [0.5, 0.6) is 0 Å². The van der Waals surface area contributed by atoms with Crippen molar-refractivity contribution in [2.24, 2.45) is 11.8 Å². The van der Waals surface area contributed by atoms with Gasteiger partial charge in [0.1, 0.15) is 0 Å². The highest BCUT2D eigenvalue weighted by Crippen LogP contribution is 2.22. The van der Waals surface area contributed by atoms with Crippen LogP contribution in [-0.4, -0.2) is 34.3 Å². The van der Waals surface area contributed by atoms with Crippen molar-refractivity contribution < 1.29 is 9.59 Å². The van der Waals surface area contributed by atoms with E-state index < -0.39 is 0 Å². The molecule has 0 atom stereocenters. The summed E-state index contributed by atoms with van der Waals surface area (Å²) in [5.74, 6) is 0.682. The third kappa shape index (κ3) is 9.80. The Morgan fingerprint density at radius 3 is 1.56 bits per heavy atom. The Balaban J connectivity index is 0.000000220. The summed E-state index contributed by atoms with van der Waals surface area (Å²) in [5, 5.41) is 18.3. The normalized spacial score (nSPS) is 11.0. The Labute approximate surface area is 285 Å². The van der Waals surface area contributed by atoms with E-state index in [1.54, 1.807) is 45.0 Å². The number of amides is 4. The highest BCUT2D eigenvalue weighted by atomic mass is 32.1. The Bertz CT molecular complexity index is 1950. The summed E-state index contributed by atoms with van der Waals surface area (Å²) in [7, 11) is 0. The van der Waals surface area contributed by atoms with E-state index in [1.807, 2.05) is 48.7 Å². The van der Waals surface area contributed by atoms with E-state index in [4.69, 9.17) is 0 Å². The van der Waals surface area contributed by atoms with E-state index in [1.165, 1.54) is 5.56 Å². The van der Waals surface area contributed by atoms with E-state index >= 15 is 0 Å². The SMILES string of the molecule is CC(C)Cn1cc(NC(=O)NCCc2ccsc2)c2ccccc2c1=O.CCCNC(=O)Nc1cn(CC(C)C)c(=O)c2ccccc12. The summed E-state index contributed by atoms with van der Waals surface area (Å²) in [6.45, 7) is 12.6. The van der Waals surface area contributed by atoms with Gasteiger partial charge in [-0.2, -0.15) is 11.3 Å². The monoisotopic (exact) mass is 670 g/mol. The molecular formula is C37H46N6O4S. The molecule has 0 bridgehead atoms. The van der Waals surface area contributed by atoms with Gasteiger partial charge in [-0.1, -0.05) is 71.0 Å². The number of nitrogens with one attached hydrogen (secondary N) is 4. The average Bonchev–Trinajstić information content (AvgIpc) is 3.58. The lowest BCUT2D eigenvalue weighted by Gasteiger charge is -2.15. The first kappa shape index (κ1) is 35.9. The Kier molecular flexibility index (Phi) is 13.0. The van der Waals surface area contributed by atoms with Gasteiger partial charge in [-0.05, 0) is 59.2 Å². The number of urea groups is 2. The van der Waals surface area contributed by atoms with Gasteiger partial charge < -0.3 is 30.4 Å². The number of carbonyl (C=O) groups is 2. The second-order valence-electron chi connectivity index (χ2n) is 12.5. The summed E-state index contributed by atoms with van der Waals surface area (Å²) < 4.78 is 3.34. The molecule has 0 unspecified atom stereocenters. The maximum atomic E-state index is 12.6. The van der Waals surface area contributed by atoms with E-state index in [0.29, 0.717) is 60.2 Å². The molecule has 11 heteroatoms. The van der Waals surface area contributed by atoms with Crippen molar-refractivity contribution in [1.29, 1.82) is 0 Å². The molecule has 2 aromatic carbocycles. The summed E-state index contributed by atoms with van der Waals surface area (Å²) in [5.41, 5.74) is 2.46. The van der Waals surface area contributed by atoms with Gasteiger partial charge in [-0.3, -0.25) is 9.59 Å². The van der Waals surface area contributed by atoms with Crippen molar-refractivity contribution in [3.05, 3.63) is 104 Å². The molecule has 5 aromatic rings. The number of benzene rings is 2. The first-order valence-electron chi connectivity index (χ1n) is 16.4. The molecule has 10 nitrogen and oxygen atoms in total. The number of carbonyl (C=O) groups excluding carboxylic acids is 2. The molecule has 0 saturated heterocycles. The molecule has 0 aliphatic carbocycles. The van der Waals surface area contributed by atoms with Gasteiger partial charge in [-0.25, -0.2) is 9.59 Å². The third-order valence-electron chi connectivity index (χ3n) is 7.42. The molecule has 254 valence electrons. The molecule has 0 aliphatic rings. The van der Waals surface area contributed by atoms with Gasteiger partial charge in [-0.15, -0.1) is 0 Å². The van der Waals surface area contributed by atoms with Crippen LogP contribution in [0.4, 0.5) is 21.0 Å². The first-order chi connectivity index (χ1) is 23.1. The van der Waals surface area contributed by atoms with Gasteiger partial charge >= 0.3 is 12.1 Å². The first-order valence-corrected chi connectivity index (χ1v) is 17.4. The van der Waals surface area contributed by atoms with Crippen LogP contribution in [0.25, 0.3) is 21.5 Å². The molecule has 0 saturated carbocycles. The van der Waals surface area contributed by atoms with Crippen LogP contribution in [-0.2, 0) is 19.5 Å². The fraction of sp³-hybridized carbons (Fsp3) is 0.351. The number of aromatic nitrogens is 2. The molecule has 4 N–H and O–H groups in total. The number of fused-ring (bicyclic) bond motifs is 2. The molecule has 3 heterocycles. The molecule has 0 aliphatic heterocycles. The van der Waals surface area contributed by atoms with Crippen LogP contribution in [0.15, 0.2) is 87.3 Å². The van der Waals surface area contributed by atoms with Gasteiger partial charge in [0.25, 0.3) is 11.1 Å². The summed E-state index contributed by atoms with van der Waals surface area (Å²) in [6.07, 6.45) is 5.14. The second-order valence-corrected chi connectivity index (χ2v) is 13.3. The molecule has 48 heavy (non-hydrogen) atoms. The second kappa shape index (κ2) is 17.3. The van der Waals surface area contributed by atoms with Gasteiger partial charge in [0.05, 0.1) is 11.4 Å². The smallest absolute Gasteiger partial charge is 0.319 e. The van der Waals surface area contributed by atoms with Crippen LogP contribution in [0.2, 0.25) is 0 Å². The minimum Gasteiger partial charge on any atom is -0.338 e. The van der Waals surface area contributed by atoms with Crippen molar-refractivity contribution in [2.75, 3.05) is 23.7 Å². The average molecular weight is 671 g/mol. The third-order valence-corrected chi connectivity index (χ3v) is 8.15. The zero-order valence-corrected chi connectivity index (χ0v) is 29.2. The number of hydrogen-bond acceptors (Lipinski definition) is 5. The predicted octanol–water partition coefficient (Wildman–Crippen LogP) is 7.27.